The summed E-state index contributed by atoms with van der Waals surface area (Å²) >= 11 is 0. The predicted molar refractivity (Wildman–Crippen MR) is 47.6 cm³/mol. The van der Waals surface area contributed by atoms with Crippen LogP contribution in [0.4, 0.5) is 12.9 Å². The summed E-state index contributed by atoms with van der Waals surface area (Å²) in [4.78, 5) is 1.43. The van der Waals surface area contributed by atoms with Crippen molar-refractivity contribution in [3.63, 3.8) is 0 Å². The highest BCUT2D eigenvalue weighted by atomic mass is 19.4. The number of hydrogen-bond acceptors (Lipinski definition) is 2. The van der Waals surface area contributed by atoms with Crippen LogP contribution >= 0.6 is 0 Å². The van der Waals surface area contributed by atoms with Gasteiger partial charge in [0.05, 0.1) is 0 Å². The minimum atomic E-state index is -4.67. The Hall–Kier alpha value is -0.225. The van der Waals surface area contributed by atoms with Crippen molar-refractivity contribution < 1.29 is 12.9 Å². The molecular formula is C7H15BF3N2-. The third-order valence-electron chi connectivity index (χ3n) is 2.43. The first kappa shape index (κ1) is 10.9. The van der Waals surface area contributed by atoms with E-state index in [2.05, 4.69) is 5.32 Å². The van der Waals surface area contributed by atoms with Crippen LogP contribution in [0.15, 0.2) is 0 Å². The lowest BCUT2D eigenvalue weighted by molar-refractivity contribution is 0.207. The topological polar surface area (TPSA) is 15.3 Å². The van der Waals surface area contributed by atoms with E-state index in [1.807, 2.05) is 0 Å². The molecule has 1 rings (SSSR count). The van der Waals surface area contributed by atoms with Crippen LogP contribution in [0.1, 0.15) is 12.8 Å². The molecule has 1 aliphatic heterocycles. The Kier molecular flexibility index (Phi) is 3.61. The van der Waals surface area contributed by atoms with Gasteiger partial charge in [-0.1, -0.05) is 0 Å². The largest absolute Gasteiger partial charge is 0.492 e. The fourth-order valence-corrected chi connectivity index (χ4v) is 1.72. The second-order valence-electron chi connectivity index (χ2n) is 3.63. The minimum absolute atomic E-state index is 0.102. The van der Waals surface area contributed by atoms with Crippen molar-refractivity contribution in [2.75, 3.05) is 26.6 Å². The predicted octanol–water partition coefficient (Wildman–Crippen LogP) is 1.06. The Morgan fingerprint density at radius 2 is 1.85 bits per heavy atom. The van der Waals surface area contributed by atoms with Gasteiger partial charge in [-0.3, -0.25) is 0 Å². The molecule has 0 bridgehead atoms. The van der Waals surface area contributed by atoms with Gasteiger partial charge in [-0.15, -0.1) is 0 Å². The van der Waals surface area contributed by atoms with Crippen molar-refractivity contribution >= 4 is 6.98 Å². The smallest absolute Gasteiger partial charge is 0.448 e. The number of nitrogens with zero attached hydrogens (tertiary/aromatic N) is 1. The molecule has 0 saturated carbocycles. The Morgan fingerprint density at radius 1 is 1.31 bits per heavy atom. The summed E-state index contributed by atoms with van der Waals surface area (Å²) in [6.45, 7) is -3.00. The van der Waals surface area contributed by atoms with E-state index < -0.39 is 13.4 Å². The van der Waals surface area contributed by atoms with Crippen LogP contribution in [0, 0.1) is 0 Å². The van der Waals surface area contributed by atoms with Gasteiger partial charge < -0.3 is 23.2 Å². The number of rotatable bonds is 3. The van der Waals surface area contributed by atoms with Gasteiger partial charge >= 0.3 is 6.98 Å². The lowest BCUT2D eigenvalue weighted by atomic mass is 9.89. The summed E-state index contributed by atoms with van der Waals surface area (Å²) in [5.74, 6) is 0. The monoisotopic (exact) mass is 195 g/mol. The molecule has 1 saturated heterocycles. The van der Waals surface area contributed by atoms with E-state index in [0.717, 1.165) is 25.9 Å². The summed E-state index contributed by atoms with van der Waals surface area (Å²) in [7, 11) is 1.56. The summed E-state index contributed by atoms with van der Waals surface area (Å²) in [6, 6.07) is 0.102. The number of halogens is 3. The molecule has 0 aromatic rings. The molecule has 1 heterocycles. The molecule has 0 spiro atoms. The Labute approximate surface area is 76.5 Å². The molecule has 1 N–H and O–H groups in total. The van der Waals surface area contributed by atoms with Crippen molar-refractivity contribution in [2.45, 2.75) is 18.9 Å². The molecule has 6 heteroatoms. The van der Waals surface area contributed by atoms with Crippen LogP contribution in [-0.2, 0) is 0 Å². The number of nitrogens with one attached hydrogen (secondary N) is 1. The molecule has 0 aliphatic carbocycles. The first-order valence-corrected chi connectivity index (χ1v) is 4.61. The highest BCUT2D eigenvalue weighted by Gasteiger charge is 2.28. The highest BCUT2D eigenvalue weighted by Crippen LogP contribution is 2.15. The van der Waals surface area contributed by atoms with E-state index in [1.165, 1.54) is 4.90 Å². The van der Waals surface area contributed by atoms with Gasteiger partial charge in [-0.2, -0.15) is 0 Å². The van der Waals surface area contributed by atoms with Gasteiger partial charge in [0.2, 0.25) is 0 Å². The molecule has 0 unspecified atom stereocenters. The highest BCUT2D eigenvalue weighted by molar-refractivity contribution is 6.58. The van der Waals surface area contributed by atoms with Crippen LogP contribution in [-0.4, -0.2) is 44.5 Å². The van der Waals surface area contributed by atoms with Gasteiger partial charge in [0, 0.05) is 6.04 Å². The standard InChI is InChI=1S/C7H15BF3N2/c1-13(6-8(9,10)11)7-2-4-12-5-3-7/h7,12H,2-6H2,1H3/q-1. The van der Waals surface area contributed by atoms with Crippen LogP contribution in [0.5, 0.6) is 0 Å². The van der Waals surface area contributed by atoms with Crippen molar-refractivity contribution in [1.29, 1.82) is 0 Å². The van der Waals surface area contributed by atoms with E-state index in [0.29, 0.717) is 0 Å². The quantitative estimate of drug-likeness (QED) is 0.677. The Bertz CT molecular complexity index is 156. The zero-order valence-corrected chi connectivity index (χ0v) is 7.77. The summed E-state index contributed by atoms with van der Waals surface area (Å²) in [6.07, 6.45) is 0.913. The molecule has 78 valence electrons. The Morgan fingerprint density at radius 3 is 2.31 bits per heavy atom. The average molecular weight is 195 g/mol. The maximum absolute atomic E-state index is 12.1. The molecule has 13 heavy (non-hydrogen) atoms. The van der Waals surface area contributed by atoms with E-state index in [4.69, 9.17) is 0 Å². The van der Waals surface area contributed by atoms with E-state index >= 15 is 0 Å². The maximum atomic E-state index is 12.1. The van der Waals surface area contributed by atoms with Crippen LogP contribution in [0.3, 0.4) is 0 Å². The van der Waals surface area contributed by atoms with Crippen molar-refractivity contribution in [3.8, 4) is 0 Å². The van der Waals surface area contributed by atoms with E-state index in [9.17, 15) is 12.9 Å². The third kappa shape index (κ3) is 4.00. The second kappa shape index (κ2) is 4.33. The molecule has 0 radical (unpaired) electrons. The third-order valence-corrected chi connectivity index (χ3v) is 2.43. The molecule has 1 aliphatic rings. The maximum Gasteiger partial charge on any atom is 0.492 e. The zero-order valence-electron chi connectivity index (χ0n) is 7.77. The Balaban J connectivity index is 2.33. The van der Waals surface area contributed by atoms with Crippen molar-refractivity contribution in [2.24, 2.45) is 0 Å². The minimum Gasteiger partial charge on any atom is -0.448 e. The van der Waals surface area contributed by atoms with Crippen molar-refractivity contribution in [3.05, 3.63) is 0 Å². The molecule has 1 fully saturated rings. The fourth-order valence-electron chi connectivity index (χ4n) is 1.72. The number of piperidine rings is 1. The SMILES string of the molecule is CN(C[B-](F)(F)F)C1CCNCC1. The van der Waals surface area contributed by atoms with Crippen LogP contribution in [0.25, 0.3) is 0 Å². The molecular weight excluding hydrogens is 180 g/mol. The molecule has 0 aromatic heterocycles. The van der Waals surface area contributed by atoms with Gasteiger partial charge in [-0.05, 0) is 39.4 Å². The number of hydrogen-bond donors (Lipinski definition) is 1. The van der Waals surface area contributed by atoms with Gasteiger partial charge in [0.1, 0.15) is 0 Å². The van der Waals surface area contributed by atoms with Crippen molar-refractivity contribution in [1.82, 2.24) is 10.2 Å². The van der Waals surface area contributed by atoms with Gasteiger partial charge in [-0.25, -0.2) is 0 Å². The second-order valence-corrected chi connectivity index (χ2v) is 3.63. The molecule has 0 atom stereocenters. The van der Waals surface area contributed by atoms with E-state index in [-0.39, 0.29) is 6.04 Å². The summed E-state index contributed by atoms with van der Waals surface area (Å²) in [5, 5.41) is 3.13. The zero-order chi connectivity index (χ0) is 9.90. The van der Waals surface area contributed by atoms with Gasteiger partial charge in [0.25, 0.3) is 0 Å². The molecule has 0 aromatic carbocycles. The average Bonchev–Trinajstić information content (AvgIpc) is 2.03. The first-order valence-electron chi connectivity index (χ1n) is 4.61. The van der Waals surface area contributed by atoms with Crippen LogP contribution < -0.4 is 5.32 Å². The lowest BCUT2D eigenvalue weighted by Crippen LogP contribution is -2.46. The summed E-state index contributed by atoms with van der Waals surface area (Å²) in [5.41, 5.74) is 0. The molecule has 0 amide bonds. The first-order chi connectivity index (χ1) is 5.99. The summed E-state index contributed by atoms with van der Waals surface area (Å²) < 4.78 is 36.2. The van der Waals surface area contributed by atoms with Crippen LogP contribution in [0.2, 0.25) is 0 Å². The van der Waals surface area contributed by atoms with Gasteiger partial charge in [0.15, 0.2) is 0 Å². The lowest BCUT2D eigenvalue weighted by Gasteiger charge is -2.34. The van der Waals surface area contributed by atoms with E-state index in [1.54, 1.807) is 7.05 Å². The normalized spacial score (nSPS) is 21.0. The molecule has 2 nitrogen and oxygen atoms in total. The fraction of sp³-hybridized carbons (Fsp3) is 1.00.